The molecule has 1 aliphatic heterocycles. The number of nitrogens with zero attached hydrogens (tertiary/aromatic N) is 4. The number of thioether (sulfide) groups is 1. The highest BCUT2D eigenvalue weighted by molar-refractivity contribution is 7.99. The lowest BCUT2D eigenvalue weighted by Gasteiger charge is -2.23. The van der Waals surface area contributed by atoms with Gasteiger partial charge in [0.1, 0.15) is 0 Å². The lowest BCUT2D eigenvalue weighted by atomic mass is 10.2. The van der Waals surface area contributed by atoms with Crippen LogP contribution in [0.5, 0.6) is 0 Å². The van der Waals surface area contributed by atoms with E-state index in [-0.39, 0.29) is 11.9 Å². The Balaban J connectivity index is 1.38. The highest BCUT2D eigenvalue weighted by atomic mass is 32.2. The Morgan fingerprint density at radius 1 is 1.13 bits per heavy atom. The summed E-state index contributed by atoms with van der Waals surface area (Å²) in [5.74, 6) is 1.73. The Bertz CT molecular complexity index is 1110. The number of carbonyl (C=O) groups is 1. The SMILES string of the molecule is O=C(CSc1nnc(-c2ccco2)n1-c1ccccc1)N1CCC[C@@H]1c1cccs1. The summed E-state index contributed by atoms with van der Waals surface area (Å²) in [6.45, 7) is 0.810. The molecule has 3 aromatic heterocycles. The smallest absolute Gasteiger partial charge is 0.233 e. The van der Waals surface area contributed by atoms with Gasteiger partial charge in [0.15, 0.2) is 10.9 Å². The molecule has 5 rings (SSSR count). The molecule has 1 aliphatic rings. The first-order valence-electron chi connectivity index (χ1n) is 9.81. The van der Waals surface area contributed by atoms with E-state index in [1.54, 1.807) is 17.6 Å². The number of hydrogen-bond donors (Lipinski definition) is 0. The highest BCUT2D eigenvalue weighted by Gasteiger charge is 2.31. The molecule has 0 N–H and O–H groups in total. The van der Waals surface area contributed by atoms with Crippen LogP contribution in [-0.2, 0) is 4.79 Å². The summed E-state index contributed by atoms with van der Waals surface area (Å²) in [4.78, 5) is 16.3. The molecule has 4 heterocycles. The van der Waals surface area contributed by atoms with E-state index >= 15 is 0 Å². The number of amides is 1. The fraction of sp³-hybridized carbons (Fsp3) is 0.227. The molecule has 0 bridgehead atoms. The standard InChI is InChI=1S/C22H20N4O2S2/c27-20(25-12-4-9-17(25)19-11-6-14-29-19)15-30-22-24-23-21(18-10-5-13-28-18)26(22)16-7-2-1-3-8-16/h1-3,5-8,10-11,13-14,17H,4,9,12,15H2/t17-/m1/s1. The summed E-state index contributed by atoms with van der Waals surface area (Å²) < 4.78 is 7.49. The molecule has 1 aromatic carbocycles. The third-order valence-corrected chi connectivity index (χ3v) is 7.05. The van der Waals surface area contributed by atoms with Gasteiger partial charge < -0.3 is 9.32 Å². The van der Waals surface area contributed by atoms with Crippen molar-refractivity contribution in [2.45, 2.75) is 24.0 Å². The molecular weight excluding hydrogens is 416 g/mol. The summed E-state index contributed by atoms with van der Waals surface area (Å²) >= 11 is 3.13. The molecule has 152 valence electrons. The predicted molar refractivity (Wildman–Crippen MR) is 118 cm³/mol. The molecule has 0 radical (unpaired) electrons. The van der Waals surface area contributed by atoms with Gasteiger partial charge >= 0.3 is 0 Å². The van der Waals surface area contributed by atoms with Gasteiger partial charge in [0, 0.05) is 17.1 Å². The third kappa shape index (κ3) is 3.68. The molecule has 30 heavy (non-hydrogen) atoms. The number of rotatable bonds is 6. The minimum absolute atomic E-state index is 0.137. The summed E-state index contributed by atoms with van der Waals surface area (Å²) in [6.07, 6.45) is 3.69. The van der Waals surface area contributed by atoms with Crippen LogP contribution >= 0.6 is 23.1 Å². The van der Waals surface area contributed by atoms with Crippen molar-refractivity contribution in [2.75, 3.05) is 12.3 Å². The number of carbonyl (C=O) groups excluding carboxylic acids is 1. The van der Waals surface area contributed by atoms with E-state index < -0.39 is 0 Å². The van der Waals surface area contributed by atoms with Crippen LogP contribution in [0.15, 0.2) is 75.8 Å². The molecular formula is C22H20N4O2S2. The lowest BCUT2D eigenvalue weighted by Crippen LogP contribution is -2.31. The average molecular weight is 437 g/mol. The monoisotopic (exact) mass is 436 g/mol. The zero-order valence-electron chi connectivity index (χ0n) is 16.2. The molecule has 1 atom stereocenters. The number of benzene rings is 1. The molecule has 0 spiro atoms. The lowest BCUT2D eigenvalue weighted by molar-refractivity contribution is -0.129. The second kappa shape index (κ2) is 8.49. The molecule has 0 unspecified atom stereocenters. The van der Waals surface area contributed by atoms with Crippen LogP contribution in [-0.4, -0.2) is 37.9 Å². The number of thiophene rings is 1. The van der Waals surface area contributed by atoms with Crippen LogP contribution in [0.4, 0.5) is 0 Å². The van der Waals surface area contributed by atoms with Crippen molar-refractivity contribution in [1.82, 2.24) is 19.7 Å². The summed E-state index contributed by atoms with van der Waals surface area (Å²) in [6, 6.07) is 18.0. The number of para-hydroxylation sites is 1. The Labute approximate surface area is 182 Å². The minimum atomic E-state index is 0.137. The summed E-state index contributed by atoms with van der Waals surface area (Å²) in [5.41, 5.74) is 0.932. The van der Waals surface area contributed by atoms with Crippen LogP contribution < -0.4 is 0 Å². The second-order valence-corrected chi connectivity index (χ2v) is 8.93. The Morgan fingerprint density at radius 3 is 2.80 bits per heavy atom. The van der Waals surface area contributed by atoms with Crippen LogP contribution in [0.2, 0.25) is 0 Å². The van der Waals surface area contributed by atoms with E-state index in [1.165, 1.54) is 16.6 Å². The van der Waals surface area contributed by atoms with Gasteiger partial charge in [0.2, 0.25) is 11.7 Å². The molecule has 4 aromatic rings. The highest BCUT2D eigenvalue weighted by Crippen LogP contribution is 2.35. The van der Waals surface area contributed by atoms with Crippen molar-refractivity contribution in [3.05, 3.63) is 71.1 Å². The Morgan fingerprint density at radius 2 is 2.03 bits per heavy atom. The number of furan rings is 1. The minimum Gasteiger partial charge on any atom is -0.461 e. The van der Waals surface area contributed by atoms with E-state index in [2.05, 4.69) is 21.6 Å². The first-order chi connectivity index (χ1) is 14.8. The average Bonchev–Trinajstić information content (AvgIpc) is 3.57. The quantitative estimate of drug-likeness (QED) is 0.396. The van der Waals surface area contributed by atoms with E-state index in [1.807, 2.05) is 58.0 Å². The van der Waals surface area contributed by atoms with Crippen molar-refractivity contribution in [2.24, 2.45) is 0 Å². The first kappa shape index (κ1) is 19.1. The topological polar surface area (TPSA) is 64.2 Å². The van der Waals surface area contributed by atoms with Gasteiger partial charge in [-0.1, -0.05) is 36.0 Å². The molecule has 8 heteroatoms. The fourth-order valence-electron chi connectivity index (χ4n) is 3.79. The number of likely N-dealkylation sites (tertiary alicyclic amines) is 1. The van der Waals surface area contributed by atoms with Gasteiger partial charge in [-0.05, 0) is 48.6 Å². The predicted octanol–water partition coefficient (Wildman–Crippen LogP) is 5.04. The summed E-state index contributed by atoms with van der Waals surface area (Å²) in [5, 5.41) is 11.5. The van der Waals surface area contributed by atoms with Gasteiger partial charge in [-0.2, -0.15) is 0 Å². The fourth-order valence-corrected chi connectivity index (χ4v) is 5.50. The molecule has 6 nitrogen and oxygen atoms in total. The van der Waals surface area contributed by atoms with E-state index in [4.69, 9.17) is 4.42 Å². The van der Waals surface area contributed by atoms with Crippen LogP contribution in [0, 0.1) is 0 Å². The molecule has 0 saturated carbocycles. The van der Waals surface area contributed by atoms with E-state index in [0.29, 0.717) is 22.5 Å². The molecule has 1 fully saturated rings. The number of hydrogen-bond acceptors (Lipinski definition) is 6. The second-order valence-electron chi connectivity index (χ2n) is 7.00. The van der Waals surface area contributed by atoms with Crippen molar-refractivity contribution in [3.63, 3.8) is 0 Å². The Kier molecular flexibility index (Phi) is 5.42. The normalized spacial score (nSPS) is 16.3. The number of aromatic nitrogens is 3. The largest absolute Gasteiger partial charge is 0.461 e. The van der Waals surface area contributed by atoms with Gasteiger partial charge in [-0.3, -0.25) is 9.36 Å². The van der Waals surface area contributed by atoms with Crippen LogP contribution in [0.1, 0.15) is 23.8 Å². The van der Waals surface area contributed by atoms with E-state index in [9.17, 15) is 4.79 Å². The van der Waals surface area contributed by atoms with Crippen molar-refractivity contribution < 1.29 is 9.21 Å². The first-order valence-corrected chi connectivity index (χ1v) is 11.7. The molecule has 0 aliphatic carbocycles. The van der Waals surface area contributed by atoms with E-state index in [0.717, 1.165) is 25.1 Å². The van der Waals surface area contributed by atoms with Crippen molar-refractivity contribution in [1.29, 1.82) is 0 Å². The maximum absolute atomic E-state index is 13.0. The zero-order valence-corrected chi connectivity index (χ0v) is 17.8. The van der Waals surface area contributed by atoms with Crippen molar-refractivity contribution in [3.8, 4) is 17.3 Å². The van der Waals surface area contributed by atoms with Crippen LogP contribution in [0.3, 0.4) is 0 Å². The summed E-state index contributed by atoms with van der Waals surface area (Å²) in [7, 11) is 0. The van der Waals surface area contributed by atoms with Gasteiger partial charge in [0.05, 0.1) is 18.1 Å². The van der Waals surface area contributed by atoms with Gasteiger partial charge in [0.25, 0.3) is 0 Å². The maximum atomic E-state index is 13.0. The molecule has 1 saturated heterocycles. The maximum Gasteiger partial charge on any atom is 0.233 e. The van der Waals surface area contributed by atoms with Gasteiger partial charge in [-0.25, -0.2) is 0 Å². The van der Waals surface area contributed by atoms with Crippen LogP contribution in [0.25, 0.3) is 17.3 Å². The Hall–Kier alpha value is -2.84. The zero-order chi connectivity index (χ0) is 20.3. The third-order valence-electron chi connectivity index (χ3n) is 5.16. The van der Waals surface area contributed by atoms with Crippen molar-refractivity contribution >= 4 is 29.0 Å². The molecule has 1 amide bonds. The van der Waals surface area contributed by atoms with Gasteiger partial charge in [-0.15, -0.1) is 21.5 Å².